The Balaban J connectivity index is 1.61. The Bertz CT molecular complexity index is 979. The highest BCUT2D eigenvalue weighted by atomic mass is 16.5. The number of ether oxygens (including phenoxy) is 2. The second-order valence-electron chi connectivity index (χ2n) is 6.81. The van der Waals surface area contributed by atoms with Gasteiger partial charge in [-0.05, 0) is 63.6 Å². The number of benzene rings is 1. The van der Waals surface area contributed by atoms with E-state index in [0.717, 1.165) is 29.3 Å². The zero-order valence-electron chi connectivity index (χ0n) is 18.4. The van der Waals surface area contributed by atoms with E-state index >= 15 is 0 Å². The Morgan fingerprint density at radius 3 is 2.52 bits per heavy atom. The fourth-order valence-electron chi connectivity index (χ4n) is 2.78. The predicted molar refractivity (Wildman–Crippen MR) is 120 cm³/mol. The third-order valence-corrected chi connectivity index (χ3v) is 4.40. The lowest BCUT2D eigenvalue weighted by molar-refractivity contribution is 0.339. The van der Waals surface area contributed by atoms with Crippen LogP contribution in [-0.2, 0) is 13.1 Å². The van der Waals surface area contributed by atoms with Gasteiger partial charge in [-0.1, -0.05) is 0 Å². The zero-order valence-corrected chi connectivity index (χ0v) is 18.4. The molecule has 3 rings (SSSR count). The van der Waals surface area contributed by atoms with Crippen molar-refractivity contribution in [2.24, 2.45) is 4.99 Å². The van der Waals surface area contributed by atoms with Gasteiger partial charge < -0.3 is 24.5 Å². The van der Waals surface area contributed by atoms with E-state index in [9.17, 15) is 0 Å². The lowest BCUT2D eigenvalue weighted by atomic mass is 10.2. The number of oxazole rings is 1. The van der Waals surface area contributed by atoms with Gasteiger partial charge in [0.2, 0.25) is 11.8 Å². The molecule has 0 aliphatic rings. The van der Waals surface area contributed by atoms with Gasteiger partial charge in [0.15, 0.2) is 5.96 Å². The molecule has 2 aromatic heterocycles. The summed E-state index contributed by atoms with van der Waals surface area (Å²) in [6.07, 6.45) is 1.72. The SMILES string of the molecule is CCNC(=NCc1ccnc(Oc2ccc(OCC)cc2)c1)NCc1nc(C)c(C)o1. The Morgan fingerprint density at radius 2 is 1.84 bits per heavy atom. The highest BCUT2D eigenvalue weighted by molar-refractivity contribution is 5.79. The number of aliphatic imine (C=N–C) groups is 1. The second kappa shape index (κ2) is 11.0. The van der Waals surface area contributed by atoms with Gasteiger partial charge in [-0.25, -0.2) is 15.0 Å². The summed E-state index contributed by atoms with van der Waals surface area (Å²) in [4.78, 5) is 13.3. The second-order valence-corrected chi connectivity index (χ2v) is 6.81. The first kappa shape index (κ1) is 22.1. The monoisotopic (exact) mass is 423 g/mol. The molecule has 0 radical (unpaired) electrons. The average Bonchev–Trinajstić information content (AvgIpc) is 3.09. The number of hydrogen-bond donors (Lipinski definition) is 2. The van der Waals surface area contributed by atoms with Crippen molar-refractivity contribution in [2.75, 3.05) is 13.2 Å². The number of hydrogen-bond acceptors (Lipinski definition) is 6. The van der Waals surface area contributed by atoms with Crippen LogP contribution in [0.1, 0.15) is 36.8 Å². The molecule has 0 unspecified atom stereocenters. The third-order valence-electron chi connectivity index (χ3n) is 4.40. The van der Waals surface area contributed by atoms with Crippen LogP contribution < -0.4 is 20.1 Å². The number of nitrogens with zero attached hydrogens (tertiary/aromatic N) is 3. The molecule has 0 fully saturated rings. The molecular formula is C23H29N5O3. The fourth-order valence-corrected chi connectivity index (χ4v) is 2.78. The maximum Gasteiger partial charge on any atom is 0.219 e. The quantitative estimate of drug-likeness (QED) is 0.395. The maximum absolute atomic E-state index is 5.86. The predicted octanol–water partition coefficient (Wildman–Crippen LogP) is 4.13. The zero-order chi connectivity index (χ0) is 22.1. The van der Waals surface area contributed by atoms with E-state index < -0.39 is 0 Å². The molecule has 0 aliphatic carbocycles. The topological polar surface area (TPSA) is 93.8 Å². The van der Waals surface area contributed by atoms with E-state index in [4.69, 9.17) is 13.9 Å². The summed E-state index contributed by atoms with van der Waals surface area (Å²) in [6.45, 7) is 10.1. The molecule has 8 nitrogen and oxygen atoms in total. The van der Waals surface area contributed by atoms with E-state index in [1.54, 1.807) is 6.20 Å². The first-order chi connectivity index (χ1) is 15.1. The van der Waals surface area contributed by atoms with Gasteiger partial charge in [0.1, 0.15) is 17.3 Å². The molecule has 0 bridgehead atoms. The van der Waals surface area contributed by atoms with Gasteiger partial charge in [-0.3, -0.25) is 0 Å². The number of aromatic nitrogens is 2. The van der Waals surface area contributed by atoms with Crippen molar-refractivity contribution in [1.29, 1.82) is 0 Å². The average molecular weight is 424 g/mol. The van der Waals surface area contributed by atoms with Crippen molar-refractivity contribution in [3.05, 3.63) is 65.5 Å². The standard InChI is InChI=1S/C23H29N5O3/c1-5-24-23(27-15-22-28-16(3)17(4)30-22)26-14-18-11-12-25-21(13-18)31-20-9-7-19(8-10-20)29-6-2/h7-13H,5-6,14-15H2,1-4H3,(H2,24,26,27). The van der Waals surface area contributed by atoms with E-state index in [0.29, 0.717) is 43.2 Å². The molecule has 164 valence electrons. The molecule has 8 heteroatoms. The smallest absolute Gasteiger partial charge is 0.219 e. The molecule has 0 amide bonds. The van der Waals surface area contributed by atoms with Crippen LogP contribution in [0.5, 0.6) is 17.4 Å². The molecule has 0 atom stereocenters. The lowest BCUT2D eigenvalue weighted by Gasteiger charge is -2.10. The summed E-state index contributed by atoms with van der Waals surface area (Å²) in [5, 5.41) is 6.47. The van der Waals surface area contributed by atoms with Crippen molar-refractivity contribution >= 4 is 5.96 Å². The highest BCUT2D eigenvalue weighted by Gasteiger charge is 2.07. The summed E-state index contributed by atoms with van der Waals surface area (Å²) in [6, 6.07) is 11.3. The minimum absolute atomic E-state index is 0.461. The summed E-state index contributed by atoms with van der Waals surface area (Å²) in [5.41, 5.74) is 1.88. The van der Waals surface area contributed by atoms with Gasteiger partial charge in [-0.15, -0.1) is 0 Å². The number of aryl methyl sites for hydroxylation is 2. The normalized spacial score (nSPS) is 11.3. The van der Waals surface area contributed by atoms with Crippen LogP contribution in [0.3, 0.4) is 0 Å². The van der Waals surface area contributed by atoms with Crippen molar-refractivity contribution in [3.8, 4) is 17.4 Å². The minimum Gasteiger partial charge on any atom is -0.494 e. The van der Waals surface area contributed by atoms with Gasteiger partial charge >= 0.3 is 0 Å². The number of rotatable bonds is 9. The van der Waals surface area contributed by atoms with E-state index in [1.165, 1.54) is 0 Å². The van der Waals surface area contributed by atoms with E-state index in [-0.39, 0.29) is 0 Å². The van der Waals surface area contributed by atoms with E-state index in [2.05, 4.69) is 25.6 Å². The molecule has 0 aliphatic heterocycles. The molecule has 0 saturated heterocycles. The Kier molecular flexibility index (Phi) is 7.86. The van der Waals surface area contributed by atoms with Crippen molar-refractivity contribution in [3.63, 3.8) is 0 Å². The summed E-state index contributed by atoms with van der Waals surface area (Å²) >= 11 is 0. The molecule has 0 saturated carbocycles. The first-order valence-corrected chi connectivity index (χ1v) is 10.4. The molecule has 31 heavy (non-hydrogen) atoms. The van der Waals surface area contributed by atoms with E-state index in [1.807, 2.05) is 64.1 Å². The first-order valence-electron chi connectivity index (χ1n) is 10.4. The number of nitrogens with one attached hydrogen (secondary N) is 2. The Morgan fingerprint density at radius 1 is 1.06 bits per heavy atom. The number of pyridine rings is 1. The minimum atomic E-state index is 0.461. The van der Waals surface area contributed by atoms with Crippen LogP contribution >= 0.6 is 0 Å². The molecule has 2 N–H and O–H groups in total. The number of guanidine groups is 1. The summed E-state index contributed by atoms with van der Waals surface area (Å²) in [7, 11) is 0. The van der Waals surface area contributed by atoms with Crippen molar-refractivity contribution in [2.45, 2.75) is 40.8 Å². The largest absolute Gasteiger partial charge is 0.494 e. The summed E-state index contributed by atoms with van der Waals surface area (Å²) in [5.74, 6) is 4.17. The van der Waals surface area contributed by atoms with Crippen molar-refractivity contribution in [1.82, 2.24) is 20.6 Å². The van der Waals surface area contributed by atoms with Crippen LogP contribution in [0.2, 0.25) is 0 Å². The van der Waals surface area contributed by atoms with Crippen LogP contribution in [0.4, 0.5) is 0 Å². The van der Waals surface area contributed by atoms with Crippen LogP contribution in [0, 0.1) is 13.8 Å². The highest BCUT2D eigenvalue weighted by Crippen LogP contribution is 2.23. The van der Waals surface area contributed by atoms with Gasteiger partial charge in [0.05, 0.1) is 25.4 Å². The van der Waals surface area contributed by atoms with Gasteiger partial charge in [0.25, 0.3) is 0 Å². The molecule has 0 spiro atoms. The van der Waals surface area contributed by atoms with Gasteiger partial charge in [0, 0.05) is 18.8 Å². The molecule has 2 heterocycles. The van der Waals surface area contributed by atoms with Crippen LogP contribution in [0.15, 0.2) is 52.0 Å². The maximum atomic E-state index is 5.86. The third kappa shape index (κ3) is 6.74. The Labute approximate surface area is 182 Å². The van der Waals surface area contributed by atoms with Crippen LogP contribution in [-0.4, -0.2) is 29.1 Å². The summed E-state index contributed by atoms with van der Waals surface area (Å²) < 4.78 is 16.9. The molecular weight excluding hydrogens is 394 g/mol. The van der Waals surface area contributed by atoms with Gasteiger partial charge in [-0.2, -0.15) is 0 Å². The Hall–Kier alpha value is -3.55. The van der Waals surface area contributed by atoms with Crippen LogP contribution in [0.25, 0.3) is 0 Å². The molecule has 3 aromatic rings. The fraction of sp³-hybridized carbons (Fsp3) is 0.348. The van der Waals surface area contributed by atoms with Crippen molar-refractivity contribution < 1.29 is 13.9 Å². The lowest BCUT2D eigenvalue weighted by Crippen LogP contribution is -2.36. The molecule has 1 aromatic carbocycles.